The minimum Gasteiger partial charge on any atom is -0.392 e. The van der Waals surface area contributed by atoms with Crippen molar-refractivity contribution >= 4 is 10.8 Å². The summed E-state index contributed by atoms with van der Waals surface area (Å²) in [6.07, 6.45) is 1.77. The molecule has 0 spiro atoms. The summed E-state index contributed by atoms with van der Waals surface area (Å²) in [5, 5.41) is 13.4. The molecule has 0 aliphatic rings. The Morgan fingerprint density at radius 3 is 2.29 bits per heavy atom. The third-order valence-electron chi connectivity index (χ3n) is 3.58. The van der Waals surface area contributed by atoms with Crippen molar-refractivity contribution in [1.82, 2.24) is 9.78 Å². The molecule has 3 rings (SSSR count). The van der Waals surface area contributed by atoms with Gasteiger partial charge in [0.15, 0.2) is 0 Å². The summed E-state index contributed by atoms with van der Waals surface area (Å²) >= 11 is 0. The van der Waals surface area contributed by atoms with E-state index in [1.807, 2.05) is 30.3 Å². The molecule has 0 saturated carbocycles. The van der Waals surface area contributed by atoms with Gasteiger partial charge in [0.1, 0.15) is 5.82 Å². The van der Waals surface area contributed by atoms with Crippen LogP contribution in [0.15, 0.2) is 60.8 Å². The van der Waals surface area contributed by atoms with Gasteiger partial charge in [-0.05, 0) is 41.5 Å². The van der Waals surface area contributed by atoms with E-state index in [1.165, 1.54) is 12.1 Å². The molecule has 6 heteroatoms. The van der Waals surface area contributed by atoms with Crippen LogP contribution in [0.2, 0.25) is 0 Å². The van der Waals surface area contributed by atoms with Gasteiger partial charge in [-0.3, -0.25) is 4.21 Å². The molecule has 2 aromatic carbocycles. The van der Waals surface area contributed by atoms with E-state index < -0.39 is 10.8 Å². The number of aromatic nitrogens is 2. The van der Waals surface area contributed by atoms with Crippen molar-refractivity contribution in [2.75, 3.05) is 0 Å². The fourth-order valence-corrected chi connectivity index (χ4v) is 3.47. The Morgan fingerprint density at radius 2 is 1.62 bits per heavy atom. The first-order valence-corrected chi connectivity index (χ1v) is 8.97. The Balaban J connectivity index is 1.63. The van der Waals surface area contributed by atoms with Gasteiger partial charge >= 0.3 is 0 Å². The fraction of sp³-hybridized carbons (Fsp3) is 0.167. The largest absolute Gasteiger partial charge is 0.392 e. The van der Waals surface area contributed by atoms with Gasteiger partial charge in [-0.1, -0.05) is 24.3 Å². The van der Waals surface area contributed by atoms with Gasteiger partial charge in [0.25, 0.3) is 0 Å². The van der Waals surface area contributed by atoms with E-state index in [1.54, 1.807) is 23.0 Å². The van der Waals surface area contributed by atoms with Gasteiger partial charge in [0, 0.05) is 22.7 Å². The van der Waals surface area contributed by atoms with E-state index >= 15 is 0 Å². The van der Waals surface area contributed by atoms with E-state index in [9.17, 15) is 8.60 Å². The monoisotopic (exact) mass is 344 g/mol. The summed E-state index contributed by atoms with van der Waals surface area (Å²) in [6.45, 7) is 0.00416. The lowest BCUT2D eigenvalue weighted by atomic mass is 10.2. The van der Waals surface area contributed by atoms with Crippen LogP contribution in [0.4, 0.5) is 4.39 Å². The highest BCUT2D eigenvalue weighted by atomic mass is 32.2. The summed E-state index contributed by atoms with van der Waals surface area (Å²) in [4.78, 5) is 0. The van der Waals surface area contributed by atoms with Crippen molar-refractivity contribution in [3.8, 4) is 5.69 Å². The van der Waals surface area contributed by atoms with E-state index in [0.717, 1.165) is 22.5 Å². The molecule has 0 saturated heterocycles. The number of hydrogen-bond acceptors (Lipinski definition) is 3. The molecular formula is C18H17FN2O2S. The summed E-state index contributed by atoms with van der Waals surface area (Å²) in [7, 11) is -1.08. The van der Waals surface area contributed by atoms with Crippen molar-refractivity contribution < 1.29 is 13.7 Å². The molecule has 0 aliphatic carbocycles. The lowest BCUT2D eigenvalue weighted by molar-refractivity contribution is 0.282. The first-order chi connectivity index (χ1) is 11.6. The van der Waals surface area contributed by atoms with E-state index in [2.05, 4.69) is 5.10 Å². The molecule has 1 aromatic heterocycles. The van der Waals surface area contributed by atoms with Crippen molar-refractivity contribution in [2.24, 2.45) is 0 Å². The molecule has 4 nitrogen and oxygen atoms in total. The van der Waals surface area contributed by atoms with Crippen molar-refractivity contribution in [3.05, 3.63) is 83.4 Å². The highest BCUT2D eigenvalue weighted by molar-refractivity contribution is 7.83. The van der Waals surface area contributed by atoms with Gasteiger partial charge < -0.3 is 5.11 Å². The average Bonchev–Trinajstić information content (AvgIpc) is 3.04. The SMILES string of the molecule is O=S(Cc1ccc(CO)cc1)Cc1ccn(-c2ccc(F)cc2)n1. The molecule has 24 heavy (non-hydrogen) atoms. The standard InChI is InChI=1S/C18H17FN2O2S/c19-16-5-7-18(8-6-16)21-10-9-17(20-21)13-24(23)12-15-3-1-14(11-22)2-4-15/h1-10,22H,11-13H2. The van der Waals surface area contributed by atoms with Crippen LogP contribution >= 0.6 is 0 Å². The van der Waals surface area contributed by atoms with Crippen molar-refractivity contribution in [1.29, 1.82) is 0 Å². The van der Waals surface area contributed by atoms with Gasteiger partial charge in [-0.25, -0.2) is 9.07 Å². The summed E-state index contributed by atoms with van der Waals surface area (Å²) in [5.74, 6) is 0.505. The molecule has 124 valence electrons. The Bertz CT molecular complexity index is 829. The molecule has 0 amide bonds. The number of aliphatic hydroxyl groups is 1. The van der Waals surface area contributed by atoms with Crippen LogP contribution in [0, 0.1) is 5.82 Å². The zero-order chi connectivity index (χ0) is 16.9. The van der Waals surface area contributed by atoms with Crippen molar-refractivity contribution in [3.63, 3.8) is 0 Å². The number of aliphatic hydroxyl groups excluding tert-OH is 1. The molecule has 0 radical (unpaired) electrons. The summed E-state index contributed by atoms with van der Waals surface area (Å²) < 4.78 is 26.9. The molecule has 1 unspecified atom stereocenters. The molecule has 0 bridgehead atoms. The Morgan fingerprint density at radius 1 is 0.958 bits per heavy atom. The highest BCUT2D eigenvalue weighted by Crippen LogP contribution is 2.12. The van der Waals surface area contributed by atoms with Crippen LogP contribution in [0.1, 0.15) is 16.8 Å². The van der Waals surface area contributed by atoms with Crippen LogP contribution in [0.3, 0.4) is 0 Å². The van der Waals surface area contributed by atoms with E-state index in [0.29, 0.717) is 11.5 Å². The minimum absolute atomic E-state index is 0.00416. The normalized spacial score (nSPS) is 12.2. The van der Waals surface area contributed by atoms with Crippen LogP contribution in [-0.4, -0.2) is 19.1 Å². The molecule has 1 heterocycles. The highest BCUT2D eigenvalue weighted by Gasteiger charge is 2.07. The fourth-order valence-electron chi connectivity index (χ4n) is 2.32. The lowest BCUT2D eigenvalue weighted by Crippen LogP contribution is -2.02. The smallest absolute Gasteiger partial charge is 0.123 e. The molecule has 1 N–H and O–H groups in total. The zero-order valence-corrected chi connectivity index (χ0v) is 13.7. The van der Waals surface area contributed by atoms with Gasteiger partial charge in [0.2, 0.25) is 0 Å². The third kappa shape index (κ3) is 4.15. The predicted molar refractivity (Wildman–Crippen MR) is 91.4 cm³/mol. The number of nitrogens with zero attached hydrogens (tertiary/aromatic N) is 2. The maximum atomic E-state index is 13.0. The van der Waals surface area contributed by atoms with Gasteiger partial charge in [-0.2, -0.15) is 5.10 Å². The number of rotatable bonds is 6. The molecular weight excluding hydrogens is 327 g/mol. The van der Waals surface area contributed by atoms with E-state index in [4.69, 9.17) is 5.11 Å². The second kappa shape index (κ2) is 7.51. The minimum atomic E-state index is -1.08. The van der Waals surface area contributed by atoms with Crippen LogP contribution < -0.4 is 0 Å². The molecule has 0 fully saturated rings. The Hall–Kier alpha value is -2.31. The first-order valence-electron chi connectivity index (χ1n) is 7.48. The van der Waals surface area contributed by atoms with E-state index in [-0.39, 0.29) is 12.4 Å². The molecule has 0 aliphatic heterocycles. The van der Waals surface area contributed by atoms with Gasteiger partial charge in [-0.15, -0.1) is 0 Å². The maximum Gasteiger partial charge on any atom is 0.123 e. The second-order valence-corrected chi connectivity index (χ2v) is 6.89. The quantitative estimate of drug-likeness (QED) is 0.748. The first kappa shape index (κ1) is 16.5. The van der Waals surface area contributed by atoms with Crippen molar-refractivity contribution in [2.45, 2.75) is 18.1 Å². The topological polar surface area (TPSA) is 55.1 Å². The van der Waals surface area contributed by atoms with Gasteiger partial charge in [0.05, 0.1) is 23.7 Å². The number of hydrogen-bond donors (Lipinski definition) is 1. The average molecular weight is 344 g/mol. The van der Waals surface area contributed by atoms with Crippen LogP contribution in [0.5, 0.6) is 0 Å². The number of benzene rings is 2. The lowest BCUT2D eigenvalue weighted by Gasteiger charge is -2.03. The second-order valence-electron chi connectivity index (χ2n) is 5.43. The molecule has 3 aromatic rings. The third-order valence-corrected chi connectivity index (χ3v) is 4.85. The zero-order valence-electron chi connectivity index (χ0n) is 12.9. The predicted octanol–water partition coefficient (Wildman–Crippen LogP) is 2.95. The van der Waals surface area contributed by atoms with Crippen LogP contribution in [-0.2, 0) is 28.9 Å². The maximum absolute atomic E-state index is 13.0. The van der Waals surface area contributed by atoms with Crippen LogP contribution in [0.25, 0.3) is 5.69 Å². The number of halogens is 1. The Kier molecular flexibility index (Phi) is 5.17. The summed E-state index contributed by atoms with van der Waals surface area (Å²) in [6, 6.07) is 15.3. The summed E-state index contributed by atoms with van der Waals surface area (Å²) in [5.41, 5.74) is 3.28. The molecule has 1 atom stereocenters. The Labute approximate surface area is 142 Å².